The monoisotopic (exact) mass is 294 g/mol. The SMILES string of the molecule is CCC(C)N(C)CCNCC(O)c1ccc2c(c1)OCO2. The first-order valence-corrected chi connectivity index (χ1v) is 7.60. The van der Waals surface area contributed by atoms with Crippen molar-refractivity contribution >= 4 is 0 Å². The third-order valence-corrected chi connectivity index (χ3v) is 4.10. The maximum atomic E-state index is 10.2. The van der Waals surface area contributed by atoms with Crippen molar-refractivity contribution in [3.8, 4) is 11.5 Å². The van der Waals surface area contributed by atoms with E-state index in [2.05, 4.69) is 31.1 Å². The standard InChI is InChI=1S/C16H26N2O3/c1-4-12(2)18(3)8-7-17-10-14(19)13-5-6-15-16(9-13)21-11-20-15/h5-6,9,12,14,17,19H,4,7-8,10-11H2,1-3H3. The number of ether oxygens (including phenoxy) is 2. The highest BCUT2D eigenvalue weighted by molar-refractivity contribution is 5.45. The number of fused-ring (bicyclic) bond motifs is 1. The Morgan fingerprint density at radius 2 is 2.10 bits per heavy atom. The van der Waals surface area contributed by atoms with Crippen LogP contribution in [0.5, 0.6) is 11.5 Å². The lowest BCUT2D eigenvalue weighted by atomic mass is 10.1. The minimum Gasteiger partial charge on any atom is -0.454 e. The number of aliphatic hydroxyl groups is 1. The van der Waals surface area contributed by atoms with Crippen LogP contribution in [-0.4, -0.2) is 49.5 Å². The van der Waals surface area contributed by atoms with Gasteiger partial charge in [-0.05, 0) is 38.1 Å². The Hall–Kier alpha value is -1.30. The Morgan fingerprint density at radius 3 is 2.86 bits per heavy atom. The van der Waals surface area contributed by atoms with E-state index in [0.29, 0.717) is 18.3 Å². The zero-order valence-electron chi connectivity index (χ0n) is 13.1. The molecule has 2 unspecified atom stereocenters. The summed E-state index contributed by atoms with van der Waals surface area (Å²) in [4.78, 5) is 2.32. The van der Waals surface area contributed by atoms with Gasteiger partial charge in [0.1, 0.15) is 0 Å². The number of aliphatic hydroxyl groups excluding tert-OH is 1. The van der Waals surface area contributed by atoms with Crippen LogP contribution in [0.25, 0.3) is 0 Å². The molecule has 2 N–H and O–H groups in total. The molecule has 5 nitrogen and oxygen atoms in total. The zero-order chi connectivity index (χ0) is 15.2. The summed E-state index contributed by atoms with van der Waals surface area (Å²) in [5.74, 6) is 1.46. The molecule has 118 valence electrons. The maximum absolute atomic E-state index is 10.2. The van der Waals surface area contributed by atoms with Gasteiger partial charge in [-0.15, -0.1) is 0 Å². The quantitative estimate of drug-likeness (QED) is 0.716. The van der Waals surface area contributed by atoms with Crippen molar-refractivity contribution in [3.05, 3.63) is 23.8 Å². The van der Waals surface area contributed by atoms with Crippen molar-refractivity contribution in [1.29, 1.82) is 0 Å². The van der Waals surface area contributed by atoms with Gasteiger partial charge in [-0.2, -0.15) is 0 Å². The number of hydrogen-bond acceptors (Lipinski definition) is 5. The Labute approximate surface area is 126 Å². The van der Waals surface area contributed by atoms with E-state index in [4.69, 9.17) is 9.47 Å². The lowest BCUT2D eigenvalue weighted by Crippen LogP contribution is -2.36. The van der Waals surface area contributed by atoms with Gasteiger partial charge in [-0.25, -0.2) is 0 Å². The maximum Gasteiger partial charge on any atom is 0.231 e. The van der Waals surface area contributed by atoms with Gasteiger partial charge >= 0.3 is 0 Å². The minimum absolute atomic E-state index is 0.259. The average Bonchev–Trinajstić information content (AvgIpc) is 2.97. The van der Waals surface area contributed by atoms with Crippen LogP contribution in [0, 0.1) is 0 Å². The highest BCUT2D eigenvalue weighted by Crippen LogP contribution is 2.33. The molecule has 0 saturated carbocycles. The number of hydrogen-bond donors (Lipinski definition) is 2. The second-order valence-electron chi connectivity index (χ2n) is 5.57. The largest absolute Gasteiger partial charge is 0.454 e. The van der Waals surface area contributed by atoms with Gasteiger partial charge < -0.3 is 24.8 Å². The summed E-state index contributed by atoms with van der Waals surface area (Å²) in [5, 5.41) is 13.5. The van der Waals surface area contributed by atoms with Crippen molar-refractivity contribution in [2.75, 3.05) is 33.5 Å². The molecule has 2 atom stereocenters. The average molecular weight is 294 g/mol. The smallest absolute Gasteiger partial charge is 0.231 e. The number of nitrogens with zero attached hydrogens (tertiary/aromatic N) is 1. The summed E-state index contributed by atoms with van der Waals surface area (Å²) in [5.41, 5.74) is 0.849. The lowest BCUT2D eigenvalue weighted by Gasteiger charge is -2.23. The van der Waals surface area contributed by atoms with Crippen molar-refractivity contribution in [2.24, 2.45) is 0 Å². The molecule has 1 aromatic rings. The predicted octanol–water partition coefficient (Wildman–Crippen LogP) is 1.77. The van der Waals surface area contributed by atoms with Crippen molar-refractivity contribution in [2.45, 2.75) is 32.4 Å². The van der Waals surface area contributed by atoms with Gasteiger partial charge in [0, 0.05) is 25.7 Å². The van der Waals surface area contributed by atoms with Gasteiger partial charge in [0.2, 0.25) is 6.79 Å². The van der Waals surface area contributed by atoms with Crippen LogP contribution in [0.2, 0.25) is 0 Å². The fraction of sp³-hybridized carbons (Fsp3) is 0.625. The zero-order valence-corrected chi connectivity index (χ0v) is 13.1. The molecule has 1 aliphatic heterocycles. The van der Waals surface area contributed by atoms with E-state index in [-0.39, 0.29) is 6.79 Å². The second kappa shape index (κ2) is 7.64. The Balaban J connectivity index is 1.73. The number of likely N-dealkylation sites (N-methyl/N-ethyl adjacent to an activating group) is 1. The summed E-state index contributed by atoms with van der Waals surface area (Å²) >= 11 is 0. The molecular formula is C16H26N2O3. The molecule has 0 saturated heterocycles. The first kappa shape index (κ1) is 16.1. The van der Waals surface area contributed by atoms with Crippen molar-refractivity contribution in [1.82, 2.24) is 10.2 Å². The molecule has 5 heteroatoms. The van der Waals surface area contributed by atoms with E-state index < -0.39 is 6.10 Å². The van der Waals surface area contributed by atoms with Gasteiger partial charge in [0.15, 0.2) is 11.5 Å². The van der Waals surface area contributed by atoms with E-state index in [0.717, 1.165) is 30.8 Å². The number of benzene rings is 1. The third-order valence-electron chi connectivity index (χ3n) is 4.10. The van der Waals surface area contributed by atoms with Crippen LogP contribution in [-0.2, 0) is 0 Å². The fourth-order valence-corrected chi connectivity index (χ4v) is 2.26. The van der Waals surface area contributed by atoms with Crippen LogP contribution in [0.3, 0.4) is 0 Å². The molecule has 2 rings (SSSR count). The summed E-state index contributed by atoms with van der Waals surface area (Å²) in [7, 11) is 2.13. The Morgan fingerprint density at radius 1 is 1.33 bits per heavy atom. The second-order valence-corrected chi connectivity index (χ2v) is 5.57. The fourth-order valence-electron chi connectivity index (χ4n) is 2.26. The molecule has 1 aromatic carbocycles. The summed E-state index contributed by atoms with van der Waals surface area (Å²) in [6.07, 6.45) is 0.615. The first-order chi connectivity index (χ1) is 10.1. The number of nitrogens with one attached hydrogen (secondary N) is 1. The highest BCUT2D eigenvalue weighted by atomic mass is 16.7. The summed E-state index contributed by atoms with van der Waals surface area (Å²) < 4.78 is 10.6. The van der Waals surface area contributed by atoms with Crippen LogP contribution < -0.4 is 14.8 Å². The van der Waals surface area contributed by atoms with Gasteiger partial charge in [-0.3, -0.25) is 0 Å². The summed E-state index contributed by atoms with van der Waals surface area (Å²) in [6, 6.07) is 6.16. The molecule has 0 fully saturated rings. The van der Waals surface area contributed by atoms with Gasteiger partial charge in [0.25, 0.3) is 0 Å². The summed E-state index contributed by atoms with van der Waals surface area (Å²) in [6.45, 7) is 7.05. The molecular weight excluding hydrogens is 268 g/mol. The molecule has 1 aliphatic rings. The molecule has 0 aromatic heterocycles. The molecule has 0 spiro atoms. The topological polar surface area (TPSA) is 54.0 Å². The highest BCUT2D eigenvalue weighted by Gasteiger charge is 2.16. The number of rotatable bonds is 8. The van der Waals surface area contributed by atoms with Gasteiger partial charge in [-0.1, -0.05) is 13.0 Å². The Bertz CT molecular complexity index is 453. The van der Waals surface area contributed by atoms with E-state index in [9.17, 15) is 5.11 Å². The van der Waals surface area contributed by atoms with Crippen molar-refractivity contribution < 1.29 is 14.6 Å². The molecule has 1 heterocycles. The van der Waals surface area contributed by atoms with Crippen LogP contribution in [0.4, 0.5) is 0 Å². The van der Waals surface area contributed by atoms with Crippen LogP contribution >= 0.6 is 0 Å². The van der Waals surface area contributed by atoms with E-state index in [1.165, 1.54) is 0 Å². The van der Waals surface area contributed by atoms with E-state index in [1.54, 1.807) is 0 Å². The molecule has 21 heavy (non-hydrogen) atoms. The third kappa shape index (κ3) is 4.33. The van der Waals surface area contributed by atoms with E-state index in [1.807, 2.05) is 18.2 Å². The predicted molar refractivity (Wildman–Crippen MR) is 82.8 cm³/mol. The molecule has 0 bridgehead atoms. The minimum atomic E-state index is -0.534. The van der Waals surface area contributed by atoms with Gasteiger partial charge in [0.05, 0.1) is 6.10 Å². The Kier molecular flexibility index (Phi) is 5.85. The normalized spacial score (nSPS) is 16.2. The van der Waals surface area contributed by atoms with E-state index >= 15 is 0 Å². The lowest BCUT2D eigenvalue weighted by molar-refractivity contribution is 0.168. The molecule has 0 radical (unpaired) electrons. The van der Waals surface area contributed by atoms with Crippen LogP contribution in [0.1, 0.15) is 31.9 Å². The van der Waals surface area contributed by atoms with Crippen LogP contribution in [0.15, 0.2) is 18.2 Å². The molecule has 0 aliphatic carbocycles. The molecule has 0 amide bonds. The van der Waals surface area contributed by atoms with Crippen molar-refractivity contribution in [3.63, 3.8) is 0 Å². The first-order valence-electron chi connectivity index (χ1n) is 7.60.